The SMILES string of the molecule is CC(C)[C@H]1[C@H](c2nn(-c3ccc(N(C)C)cc3)c(=O)o2)OC(C)(C)N1C(=O)OC(C)(C)C. The van der Waals surface area contributed by atoms with E-state index in [-0.39, 0.29) is 11.8 Å². The predicted molar refractivity (Wildman–Crippen MR) is 121 cm³/mol. The van der Waals surface area contributed by atoms with Gasteiger partial charge in [0.05, 0.1) is 11.7 Å². The Morgan fingerprint density at radius 3 is 2.28 bits per heavy atom. The Kier molecular flexibility index (Phi) is 6.16. The van der Waals surface area contributed by atoms with Crippen LogP contribution in [0.1, 0.15) is 60.5 Å². The topological polar surface area (TPSA) is 90.0 Å². The highest BCUT2D eigenvalue weighted by Crippen LogP contribution is 2.44. The minimum atomic E-state index is -0.975. The molecule has 0 radical (unpaired) electrons. The first kappa shape index (κ1) is 23.8. The molecule has 1 fully saturated rings. The third-order valence-electron chi connectivity index (χ3n) is 5.29. The van der Waals surface area contributed by atoms with Crippen LogP contribution in [-0.2, 0) is 9.47 Å². The zero-order valence-electron chi connectivity index (χ0n) is 20.4. The minimum absolute atomic E-state index is 0.0101. The smallest absolute Gasteiger partial charge is 0.442 e. The van der Waals surface area contributed by atoms with Gasteiger partial charge in [0.15, 0.2) is 6.10 Å². The molecule has 176 valence electrons. The number of ether oxygens (including phenoxy) is 2. The molecule has 0 spiro atoms. The van der Waals surface area contributed by atoms with Crippen LogP contribution >= 0.6 is 0 Å². The van der Waals surface area contributed by atoms with E-state index in [1.165, 1.54) is 4.68 Å². The molecule has 1 amide bonds. The number of rotatable bonds is 4. The number of nitrogens with zero attached hydrogens (tertiary/aromatic N) is 4. The summed E-state index contributed by atoms with van der Waals surface area (Å²) in [5, 5.41) is 4.42. The van der Waals surface area contributed by atoms with E-state index in [4.69, 9.17) is 13.9 Å². The van der Waals surface area contributed by atoms with E-state index in [0.717, 1.165) is 5.69 Å². The van der Waals surface area contributed by atoms with Crippen molar-refractivity contribution in [1.82, 2.24) is 14.7 Å². The summed E-state index contributed by atoms with van der Waals surface area (Å²) in [6.45, 7) is 13.0. The van der Waals surface area contributed by atoms with Crippen molar-refractivity contribution in [3.63, 3.8) is 0 Å². The lowest BCUT2D eigenvalue weighted by Crippen LogP contribution is -2.51. The Hall–Kier alpha value is -2.81. The molecule has 32 heavy (non-hydrogen) atoms. The first-order valence-corrected chi connectivity index (χ1v) is 10.8. The maximum atomic E-state index is 13.1. The lowest BCUT2D eigenvalue weighted by atomic mass is 9.97. The van der Waals surface area contributed by atoms with Gasteiger partial charge in [-0.15, -0.1) is 5.10 Å². The Morgan fingerprint density at radius 1 is 1.19 bits per heavy atom. The molecule has 1 aromatic heterocycles. The van der Waals surface area contributed by atoms with Crippen LogP contribution in [0.3, 0.4) is 0 Å². The molecule has 2 atom stereocenters. The zero-order chi connectivity index (χ0) is 24.0. The Morgan fingerprint density at radius 2 is 1.78 bits per heavy atom. The summed E-state index contributed by atoms with van der Waals surface area (Å²) in [5.41, 5.74) is -0.0469. The second kappa shape index (κ2) is 8.27. The molecule has 1 aromatic carbocycles. The molecule has 2 heterocycles. The van der Waals surface area contributed by atoms with E-state index in [2.05, 4.69) is 5.10 Å². The Balaban J connectivity index is 1.97. The van der Waals surface area contributed by atoms with Crippen molar-refractivity contribution in [3.05, 3.63) is 40.7 Å². The number of hydrogen-bond donors (Lipinski definition) is 0. The van der Waals surface area contributed by atoms with Gasteiger partial charge in [-0.1, -0.05) is 13.8 Å². The Labute approximate surface area is 188 Å². The highest BCUT2D eigenvalue weighted by atomic mass is 16.6. The quantitative estimate of drug-likeness (QED) is 0.702. The van der Waals surface area contributed by atoms with Crippen LogP contribution in [-0.4, -0.2) is 52.2 Å². The summed E-state index contributed by atoms with van der Waals surface area (Å²) in [4.78, 5) is 29.2. The number of hydrogen-bond acceptors (Lipinski definition) is 7. The number of aromatic nitrogens is 2. The number of anilines is 1. The highest BCUT2D eigenvalue weighted by Gasteiger charge is 2.54. The molecule has 0 bridgehead atoms. The summed E-state index contributed by atoms with van der Waals surface area (Å²) in [6.07, 6.45) is -1.20. The van der Waals surface area contributed by atoms with E-state index in [9.17, 15) is 9.59 Å². The fourth-order valence-electron chi connectivity index (χ4n) is 3.89. The average molecular weight is 447 g/mol. The molecule has 0 saturated carbocycles. The van der Waals surface area contributed by atoms with Crippen molar-refractivity contribution in [3.8, 4) is 5.69 Å². The summed E-state index contributed by atoms with van der Waals surface area (Å²) >= 11 is 0. The normalized spacial score (nSPS) is 20.6. The van der Waals surface area contributed by atoms with Crippen LogP contribution in [0.25, 0.3) is 5.69 Å². The van der Waals surface area contributed by atoms with Crippen LogP contribution < -0.4 is 10.7 Å². The number of carbonyl (C=O) groups is 1. The Bertz CT molecular complexity index is 1010. The predicted octanol–water partition coefficient (Wildman–Crippen LogP) is 3.96. The first-order chi connectivity index (χ1) is 14.7. The molecule has 1 aliphatic heterocycles. The lowest BCUT2D eigenvalue weighted by Gasteiger charge is -2.36. The van der Waals surface area contributed by atoms with Crippen LogP contribution in [0, 0.1) is 5.92 Å². The second-order valence-electron chi connectivity index (χ2n) is 10.1. The van der Waals surface area contributed by atoms with Gasteiger partial charge in [-0.2, -0.15) is 4.68 Å². The van der Waals surface area contributed by atoms with E-state index in [1.807, 2.05) is 65.7 Å². The number of carbonyl (C=O) groups excluding carboxylic acids is 1. The van der Waals surface area contributed by atoms with Gasteiger partial charge >= 0.3 is 11.8 Å². The van der Waals surface area contributed by atoms with Gasteiger partial charge in [0.2, 0.25) is 5.89 Å². The molecule has 9 heteroatoms. The van der Waals surface area contributed by atoms with Gasteiger partial charge in [-0.25, -0.2) is 9.59 Å². The molecule has 9 nitrogen and oxygen atoms in total. The fourth-order valence-corrected chi connectivity index (χ4v) is 3.89. The molecule has 3 rings (SSSR count). The van der Waals surface area contributed by atoms with E-state index in [1.54, 1.807) is 30.9 Å². The molecule has 0 N–H and O–H groups in total. The molecule has 0 aliphatic carbocycles. The summed E-state index contributed by atoms with van der Waals surface area (Å²) in [7, 11) is 3.88. The molecule has 1 saturated heterocycles. The fraction of sp³-hybridized carbons (Fsp3) is 0.609. The lowest BCUT2D eigenvalue weighted by molar-refractivity contribution is -0.0841. The van der Waals surface area contributed by atoms with Gasteiger partial charge in [0.1, 0.15) is 11.3 Å². The summed E-state index contributed by atoms with van der Waals surface area (Å²) in [5.74, 6) is -0.495. The second-order valence-corrected chi connectivity index (χ2v) is 10.1. The number of benzene rings is 1. The minimum Gasteiger partial charge on any atom is -0.444 e. The van der Waals surface area contributed by atoms with Crippen LogP contribution in [0.4, 0.5) is 10.5 Å². The van der Waals surface area contributed by atoms with Crippen molar-refractivity contribution in [1.29, 1.82) is 0 Å². The zero-order valence-corrected chi connectivity index (χ0v) is 20.4. The average Bonchev–Trinajstić information content (AvgIpc) is 3.17. The van der Waals surface area contributed by atoms with E-state index in [0.29, 0.717) is 5.69 Å². The number of amides is 1. The maximum Gasteiger partial charge on any atom is 0.442 e. The van der Waals surface area contributed by atoms with E-state index >= 15 is 0 Å². The first-order valence-electron chi connectivity index (χ1n) is 10.8. The van der Waals surface area contributed by atoms with Crippen molar-refractivity contribution >= 4 is 11.8 Å². The molecular formula is C23H34N4O5. The summed E-state index contributed by atoms with van der Waals surface area (Å²) in [6, 6.07) is 6.96. The molecule has 1 aliphatic rings. The molecule has 2 aromatic rings. The van der Waals surface area contributed by atoms with Crippen molar-refractivity contribution < 1.29 is 18.7 Å². The van der Waals surface area contributed by atoms with Crippen molar-refractivity contribution in [2.45, 2.75) is 71.9 Å². The molecular weight excluding hydrogens is 412 g/mol. The highest BCUT2D eigenvalue weighted by molar-refractivity contribution is 5.70. The van der Waals surface area contributed by atoms with Crippen molar-refractivity contribution in [2.75, 3.05) is 19.0 Å². The van der Waals surface area contributed by atoms with Crippen LogP contribution in [0.5, 0.6) is 0 Å². The van der Waals surface area contributed by atoms with Gasteiger partial charge in [-0.3, -0.25) is 4.90 Å². The van der Waals surface area contributed by atoms with Crippen LogP contribution in [0.2, 0.25) is 0 Å². The van der Waals surface area contributed by atoms with Crippen LogP contribution in [0.15, 0.2) is 33.5 Å². The van der Waals surface area contributed by atoms with Gasteiger partial charge in [0, 0.05) is 19.8 Å². The standard InChI is InChI=1S/C23H34N4O5/c1-14(2)17-18(31-23(6,7)26(17)20(28)32-22(3,4)5)19-24-27(21(29)30-19)16-12-10-15(11-13-16)25(8)9/h10-14,17-18H,1-9H3/t17-,18+/m0/s1. The van der Waals surface area contributed by atoms with Gasteiger partial charge in [0.25, 0.3) is 0 Å². The van der Waals surface area contributed by atoms with Crippen molar-refractivity contribution in [2.24, 2.45) is 5.92 Å². The summed E-state index contributed by atoms with van der Waals surface area (Å²) < 4.78 is 18.6. The molecule has 0 unspecified atom stereocenters. The largest absolute Gasteiger partial charge is 0.444 e. The monoisotopic (exact) mass is 446 g/mol. The third-order valence-corrected chi connectivity index (χ3v) is 5.29. The van der Waals surface area contributed by atoms with Gasteiger partial charge < -0.3 is 18.8 Å². The van der Waals surface area contributed by atoms with E-state index < -0.39 is 35.3 Å². The third kappa shape index (κ3) is 4.67. The maximum absolute atomic E-state index is 13.1. The van der Waals surface area contributed by atoms with Gasteiger partial charge in [-0.05, 0) is 64.8 Å².